The molecule has 0 saturated carbocycles. The molecule has 0 aliphatic heterocycles. The average Bonchev–Trinajstić information content (AvgIpc) is 2.97. The van der Waals surface area contributed by atoms with Gasteiger partial charge in [0.05, 0.1) is 6.20 Å². The van der Waals surface area contributed by atoms with Gasteiger partial charge in [-0.25, -0.2) is 4.98 Å². The quantitative estimate of drug-likeness (QED) is 0.756. The Morgan fingerprint density at radius 1 is 1.42 bits per heavy atom. The van der Waals surface area contributed by atoms with Gasteiger partial charge in [0.1, 0.15) is 5.82 Å². The number of carbonyl (C=O) groups excluding carboxylic acids is 1. The predicted molar refractivity (Wildman–Crippen MR) is 72.9 cm³/mol. The molecule has 0 spiro atoms. The Bertz CT molecular complexity index is 528. The summed E-state index contributed by atoms with van der Waals surface area (Å²) in [7, 11) is 1.79. The molecular formula is C13H17N5O. The molecule has 0 unspecified atom stereocenters. The van der Waals surface area contributed by atoms with Crippen molar-refractivity contribution in [2.75, 3.05) is 12.4 Å². The van der Waals surface area contributed by atoms with Gasteiger partial charge >= 0.3 is 0 Å². The molecule has 0 bridgehead atoms. The highest BCUT2D eigenvalue weighted by atomic mass is 16.1. The summed E-state index contributed by atoms with van der Waals surface area (Å²) < 4.78 is 0. The number of rotatable bonds is 5. The molecule has 0 fully saturated rings. The Kier molecular flexibility index (Phi) is 4.12. The zero-order valence-electron chi connectivity index (χ0n) is 11.0. The molecule has 6 nitrogen and oxygen atoms in total. The summed E-state index contributed by atoms with van der Waals surface area (Å²) in [5.74, 6) is 0.586. The van der Waals surface area contributed by atoms with Crippen LogP contribution in [0.4, 0.5) is 5.82 Å². The van der Waals surface area contributed by atoms with Crippen molar-refractivity contribution in [3.8, 4) is 0 Å². The zero-order chi connectivity index (χ0) is 13.7. The van der Waals surface area contributed by atoms with E-state index in [1.54, 1.807) is 25.5 Å². The number of aromatic amines is 1. The number of aryl methyl sites for hydroxylation is 1. The van der Waals surface area contributed by atoms with Crippen LogP contribution in [0.2, 0.25) is 0 Å². The lowest BCUT2D eigenvalue weighted by atomic mass is 10.1. The normalized spacial score (nSPS) is 10.2. The highest BCUT2D eigenvalue weighted by Gasteiger charge is 2.09. The highest BCUT2D eigenvalue weighted by molar-refractivity contribution is 5.94. The number of nitrogens with zero attached hydrogens (tertiary/aromatic N) is 2. The molecule has 19 heavy (non-hydrogen) atoms. The number of anilines is 1. The zero-order valence-corrected chi connectivity index (χ0v) is 11.0. The van der Waals surface area contributed by atoms with E-state index < -0.39 is 0 Å². The van der Waals surface area contributed by atoms with Gasteiger partial charge in [0.2, 0.25) is 0 Å². The number of hydrogen-bond acceptors (Lipinski definition) is 4. The van der Waals surface area contributed by atoms with Gasteiger partial charge in [-0.3, -0.25) is 9.89 Å². The summed E-state index contributed by atoms with van der Waals surface area (Å²) in [5, 5.41) is 12.3. The summed E-state index contributed by atoms with van der Waals surface area (Å²) in [5.41, 5.74) is 2.44. The molecule has 0 saturated heterocycles. The number of carbonyl (C=O) groups is 1. The molecule has 100 valence electrons. The molecule has 0 aliphatic rings. The van der Waals surface area contributed by atoms with Gasteiger partial charge < -0.3 is 10.6 Å². The van der Waals surface area contributed by atoms with Crippen LogP contribution in [0, 0.1) is 0 Å². The molecule has 0 atom stereocenters. The van der Waals surface area contributed by atoms with Crippen molar-refractivity contribution in [3.05, 3.63) is 41.3 Å². The Morgan fingerprint density at radius 3 is 2.89 bits per heavy atom. The van der Waals surface area contributed by atoms with Crippen LogP contribution in [0.25, 0.3) is 0 Å². The summed E-state index contributed by atoms with van der Waals surface area (Å²) in [4.78, 5) is 16.4. The van der Waals surface area contributed by atoms with Crippen molar-refractivity contribution in [1.29, 1.82) is 0 Å². The van der Waals surface area contributed by atoms with E-state index in [1.165, 1.54) is 0 Å². The van der Waals surface area contributed by atoms with Crippen molar-refractivity contribution in [3.63, 3.8) is 0 Å². The first kappa shape index (κ1) is 13.1. The molecule has 3 N–H and O–H groups in total. The largest absolute Gasteiger partial charge is 0.373 e. The van der Waals surface area contributed by atoms with Crippen LogP contribution in [-0.2, 0) is 13.0 Å². The van der Waals surface area contributed by atoms with Crippen LogP contribution in [0.1, 0.15) is 28.5 Å². The Hall–Kier alpha value is -2.37. The van der Waals surface area contributed by atoms with E-state index in [1.807, 2.05) is 13.0 Å². The Labute approximate surface area is 111 Å². The lowest BCUT2D eigenvalue weighted by Gasteiger charge is -2.08. The van der Waals surface area contributed by atoms with Crippen molar-refractivity contribution in [2.24, 2.45) is 0 Å². The summed E-state index contributed by atoms with van der Waals surface area (Å²) in [6.45, 7) is 2.46. The maximum absolute atomic E-state index is 12.1. The minimum absolute atomic E-state index is 0.116. The first-order valence-electron chi connectivity index (χ1n) is 6.17. The van der Waals surface area contributed by atoms with Gasteiger partial charge in [0.15, 0.2) is 0 Å². The van der Waals surface area contributed by atoms with E-state index in [0.29, 0.717) is 17.9 Å². The van der Waals surface area contributed by atoms with Gasteiger partial charge in [-0.2, -0.15) is 5.10 Å². The Morgan fingerprint density at radius 2 is 2.26 bits per heavy atom. The standard InChI is InChI=1S/C13H17N5O/c1-3-11-4-10(5-12(14-2)18-11)13(19)15-6-9-7-16-17-8-9/h4-5,7-8H,3,6H2,1-2H3,(H,14,18)(H,15,19)(H,16,17). The van der Waals surface area contributed by atoms with Crippen molar-refractivity contribution < 1.29 is 4.79 Å². The first-order chi connectivity index (χ1) is 9.22. The van der Waals surface area contributed by atoms with Gasteiger partial charge in [-0.1, -0.05) is 6.92 Å². The fourth-order valence-electron chi connectivity index (χ4n) is 1.69. The minimum Gasteiger partial charge on any atom is -0.373 e. The monoisotopic (exact) mass is 259 g/mol. The molecule has 2 aromatic heterocycles. The first-order valence-corrected chi connectivity index (χ1v) is 6.17. The summed E-state index contributed by atoms with van der Waals surface area (Å²) in [6.07, 6.45) is 4.23. The van der Waals surface area contributed by atoms with Crippen LogP contribution in [0.5, 0.6) is 0 Å². The van der Waals surface area contributed by atoms with Crippen LogP contribution in [0.15, 0.2) is 24.5 Å². The van der Waals surface area contributed by atoms with E-state index >= 15 is 0 Å². The number of pyridine rings is 1. The predicted octanol–water partition coefficient (Wildman–Crippen LogP) is 1.34. The van der Waals surface area contributed by atoms with Crippen LogP contribution < -0.4 is 10.6 Å². The van der Waals surface area contributed by atoms with Crippen LogP contribution >= 0.6 is 0 Å². The third kappa shape index (κ3) is 3.31. The van der Waals surface area contributed by atoms with Gasteiger partial charge in [-0.15, -0.1) is 0 Å². The smallest absolute Gasteiger partial charge is 0.251 e. The molecular weight excluding hydrogens is 242 g/mol. The van der Waals surface area contributed by atoms with Crippen LogP contribution in [0.3, 0.4) is 0 Å². The van der Waals surface area contributed by atoms with Gasteiger partial charge in [0.25, 0.3) is 5.91 Å². The third-order valence-electron chi connectivity index (χ3n) is 2.77. The highest BCUT2D eigenvalue weighted by Crippen LogP contribution is 2.11. The van der Waals surface area contributed by atoms with E-state index in [2.05, 4.69) is 25.8 Å². The van der Waals surface area contributed by atoms with E-state index in [9.17, 15) is 4.79 Å². The third-order valence-corrected chi connectivity index (χ3v) is 2.77. The SMILES string of the molecule is CCc1cc(C(=O)NCc2cn[nH]c2)cc(NC)n1. The van der Waals surface area contributed by atoms with Gasteiger partial charge in [0, 0.05) is 36.6 Å². The fraction of sp³-hybridized carbons (Fsp3) is 0.308. The maximum atomic E-state index is 12.1. The average molecular weight is 259 g/mol. The number of nitrogens with one attached hydrogen (secondary N) is 3. The molecule has 1 amide bonds. The fourth-order valence-corrected chi connectivity index (χ4v) is 1.69. The number of aromatic nitrogens is 3. The van der Waals surface area contributed by atoms with E-state index in [4.69, 9.17) is 0 Å². The lowest BCUT2D eigenvalue weighted by Crippen LogP contribution is -2.23. The van der Waals surface area contributed by atoms with E-state index in [-0.39, 0.29) is 5.91 Å². The second-order valence-corrected chi connectivity index (χ2v) is 4.13. The summed E-state index contributed by atoms with van der Waals surface area (Å²) >= 11 is 0. The summed E-state index contributed by atoms with van der Waals surface area (Å²) in [6, 6.07) is 3.55. The molecule has 0 aliphatic carbocycles. The Balaban J connectivity index is 2.09. The lowest BCUT2D eigenvalue weighted by molar-refractivity contribution is 0.0950. The maximum Gasteiger partial charge on any atom is 0.251 e. The number of H-pyrrole nitrogens is 1. The number of amides is 1. The van der Waals surface area contributed by atoms with Crippen molar-refractivity contribution in [2.45, 2.75) is 19.9 Å². The van der Waals surface area contributed by atoms with Crippen molar-refractivity contribution >= 4 is 11.7 Å². The molecule has 2 aromatic rings. The molecule has 2 heterocycles. The van der Waals surface area contributed by atoms with Crippen LogP contribution in [-0.4, -0.2) is 28.1 Å². The molecule has 0 aromatic carbocycles. The van der Waals surface area contributed by atoms with E-state index in [0.717, 1.165) is 17.7 Å². The second kappa shape index (κ2) is 5.99. The van der Waals surface area contributed by atoms with Crippen molar-refractivity contribution in [1.82, 2.24) is 20.5 Å². The molecule has 0 radical (unpaired) electrons. The van der Waals surface area contributed by atoms with Gasteiger partial charge in [-0.05, 0) is 18.6 Å². The second-order valence-electron chi connectivity index (χ2n) is 4.13. The molecule has 6 heteroatoms. The molecule has 2 rings (SSSR count). The number of hydrogen-bond donors (Lipinski definition) is 3. The topological polar surface area (TPSA) is 82.7 Å². The minimum atomic E-state index is -0.116.